The number of carbonyl (C=O) groups excluding carboxylic acids is 2. The summed E-state index contributed by atoms with van der Waals surface area (Å²) in [4.78, 5) is 24.3. The van der Waals surface area contributed by atoms with E-state index in [0.29, 0.717) is 23.0 Å². The zero-order valence-corrected chi connectivity index (χ0v) is 17.3. The van der Waals surface area contributed by atoms with Crippen molar-refractivity contribution in [2.45, 2.75) is 25.8 Å². The fourth-order valence-electron chi connectivity index (χ4n) is 2.37. The molecule has 0 heterocycles. The van der Waals surface area contributed by atoms with Crippen molar-refractivity contribution in [3.63, 3.8) is 0 Å². The summed E-state index contributed by atoms with van der Waals surface area (Å²) < 4.78 is 7.11. The zero-order chi connectivity index (χ0) is 18.7. The smallest absolute Gasteiger partial charge is 0.262 e. The normalized spacial score (nSPS) is 13.2. The van der Waals surface area contributed by atoms with Crippen molar-refractivity contribution in [3.05, 3.63) is 56.5 Å². The van der Waals surface area contributed by atoms with Gasteiger partial charge in [-0.15, -0.1) is 0 Å². The number of aryl methyl sites for hydroxylation is 1. The third-order valence-corrected chi connectivity index (χ3v) is 5.08. The van der Waals surface area contributed by atoms with Crippen LogP contribution in [0.3, 0.4) is 0 Å². The summed E-state index contributed by atoms with van der Waals surface area (Å²) in [6, 6.07) is 11.0. The van der Waals surface area contributed by atoms with E-state index in [4.69, 9.17) is 4.74 Å². The van der Waals surface area contributed by atoms with E-state index in [-0.39, 0.29) is 18.4 Å². The molecule has 0 radical (unpaired) electrons. The first-order chi connectivity index (χ1) is 12.4. The first-order valence-corrected chi connectivity index (χ1v) is 9.80. The minimum atomic E-state index is -0.289. The topological polar surface area (TPSA) is 67.4 Å². The van der Waals surface area contributed by atoms with Gasteiger partial charge in [-0.25, -0.2) is 0 Å². The minimum absolute atomic E-state index is 0.116. The molecule has 1 fully saturated rings. The fraction of sp³-hybridized carbons (Fsp3) is 0.263. The molecule has 3 rings (SSSR count). The maximum atomic E-state index is 12.2. The first-order valence-electron chi connectivity index (χ1n) is 8.21. The van der Waals surface area contributed by atoms with Gasteiger partial charge < -0.3 is 15.4 Å². The van der Waals surface area contributed by atoms with Gasteiger partial charge in [-0.2, -0.15) is 0 Å². The van der Waals surface area contributed by atoms with E-state index in [1.54, 1.807) is 24.3 Å². The number of hydrogen-bond donors (Lipinski definition) is 2. The summed E-state index contributed by atoms with van der Waals surface area (Å²) in [5.41, 5.74) is 2.25. The fourth-order valence-corrected chi connectivity index (χ4v) is 3.98. The van der Waals surface area contributed by atoms with Crippen LogP contribution in [-0.2, 0) is 4.79 Å². The highest BCUT2D eigenvalue weighted by atomic mass is 79.9. The number of carbonyl (C=O) groups is 2. The molecule has 2 aromatic rings. The number of hydrogen-bond acceptors (Lipinski definition) is 3. The molecule has 0 saturated heterocycles. The lowest BCUT2D eigenvalue weighted by Gasteiger charge is -2.12. The molecule has 2 N–H and O–H groups in total. The lowest BCUT2D eigenvalue weighted by atomic mass is 10.2. The number of halogens is 2. The van der Waals surface area contributed by atoms with Crippen molar-refractivity contribution in [1.82, 2.24) is 5.32 Å². The van der Waals surface area contributed by atoms with Gasteiger partial charge in [0.05, 0.1) is 5.69 Å². The second-order valence-electron chi connectivity index (χ2n) is 6.22. The number of amides is 2. The molecular weight excluding hydrogens is 464 g/mol. The van der Waals surface area contributed by atoms with E-state index >= 15 is 0 Å². The Morgan fingerprint density at radius 2 is 1.85 bits per heavy atom. The van der Waals surface area contributed by atoms with Crippen LogP contribution in [0.5, 0.6) is 5.75 Å². The molecule has 5 nitrogen and oxygen atoms in total. The Labute approximate surface area is 168 Å². The molecule has 7 heteroatoms. The Kier molecular flexibility index (Phi) is 5.98. The van der Waals surface area contributed by atoms with Crippen LogP contribution in [0.4, 0.5) is 5.69 Å². The van der Waals surface area contributed by atoms with E-state index in [2.05, 4.69) is 42.5 Å². The summed E-state index contributed by atoms with van der Waals surface area (Å²) in [6.07, 6.45) is 2.07. The second-order valence-corrected chi connectivity index (χ2v) is 7.92. The lowest BCUT2D eigenvalue weighted by Crippen LogP contribution is -2.25. The first kappa shape index (κ1) is 18.9. The highest BCUT2D eigenvalue weighted by Crippen LogP contribution is 2.32. The van der Waals surface area contributed by atoms with Gasteiger partial charge in [-0.3, -0.25) is 9.59 Å². The molecule has 0 spiro atoms. The summed E-state index contributed by atoms with van der Waals surface area (Å²) in [6.45, 7) is 1.82. The molecule has 1 aliphatic rings. The van der Waals surface area contributed by atoms with Crippen LogP contribution < -0.4 is 15.4 Å². The van der Waals surface area contributed by atoms with Crippen LogP contribution in [0.2, 0.25) is 0 Å². The molecule has 0 bridgehead atoms. The van der Waals surface area contributed by atoms with Crippen LogP contribution in [0, 0.1) is 6.92 Å². The third kappa shape index (κ3) is 5.08. The lowest BCUT2D eigenvalue weighted by molar-refractivity contribution is -0.118. The van der Waals surface area contributed by atoms with Gasteiger partial charge >= 0.3 is 0 Å². The molecule has 1 saturated carbocycles. The van der Waals surface area contributed by atoms with Gasteiger partial charge in [-0.1, -0.05) is 6.07 Å². The van der Waals surface area contributed by atoms with E-state index < -0.39 is 0 Å². The van der Waals surface area contributed by atoms with E-state index in [0.717, 1.165) is 27.4 Å². The average Bonchev–Trinajstić information content (AvgIpc) is 3.40. The Balaban J connectivity index is 1.58. The van der Waals surface area contributed by atoms with Gasteiger partial charge in [-0.05, 0) is 87.5 Å². The summed E-state index contributed by atoms with van der Waals surface area (Å²) in [5, 5.41) is 5.74. The maximum Gasteiger partial charge on any atom is 0.262 e. The molecule has 1 aliphatic carbocycles. The van der Waals surface area contributed by atoms with Crippen molar-refractivity contribution in [2.24, 2.45) is 0 Å². The van der Waals surface area contributed by atoms with E-state index in [1.807, 2.05) is 19.1 Å². The number of rotatable bonds is 6. The van der Waals surface area contributed by atoms with Gasteiger partial charge in [0.2, 0.25) is 0 Å². The Hall–Kier alpha value is -1.86. The van der Waals surface area contributed by atoms with Crippen LogP contribution in [0.15, 0.2) is 45.3 Å². The highest BCUT2D eigenvalue weighted by Gasteiger charge is 2.23. The Morgan fingerprint density at radius 3 is 2.50 bits per heavy atom. The molecule has 2 amide bonds. The molecule has 2 aromatic carbocycles. The number of ether oxygens (including phenoxy) is 1. The monoisotopic (exact) mass is 480 g/mol. The van der Waals surface area contributed by atoms with E-state index in [9.17, 15) is 9.59 Å². The SMILES string of the molecule is Cc1cc(Br)c(NC(=O)COc2cccc(C(=O)NC3CC3)c2)c(Br)c1. The summed E-state index contributed by atoms with van der Waals surface area (Å²) >= 11 is 6.89. The average molecular weight is 482 g/mol. The van der Waals surface area contributed by atoms with Crippen molar-refractivity contribution >= 4 is 49.4 Å². The maximum absolute atomic E-state index is 12.2. The van der Waals surface area contributed by atoms with Gasteiger partial charge in [0.25, 0.3) is 11.8 Å². The number of benzene rings is 2. The van der Waals surface area contributed by atoms with E-state index in [1.165, 1.54) is 0 Å². The molecule has 26 heavy (non-hydrogen) atoms. The van der Waals surface area contributed by atoms with Crippen LogP contribution >= 0.6 is 31.9 Å². The van der Waals surface area contributed by atoms with Crippen molar-refractivity contribution in [2.75, 3.05) is 11.9 Å². The largest absolute Gasteiger partial charge is 0.484 e. The second kappa shape index (κ2) is 8.22. The van der Waals surface area contributed by atoms with Crippen LogP contribution in [-0.4, -0.2) is 24.5 Å². The molecule has 0 aromatic heterocycles. The van der Waals surface area contributed by atoms with Gasteiger partial charge in [0, 0.05) is 20.6 Å². The van der Waals surface area contributed by atoms with Crippen molar-refractivity contribution < 1.29 is 14.3 Å². The third-order valence-electron chi connectivity index (χ3n) is 3.83. The standard InChI is InChI=1S/C19H18Br2N2O3/c1-11-7-15(20)18(16(21)8-11)23-17(24)10-26-14-4-2-3-12(9-14)19(25)22-13-5-6-13/h2-4,7-9,13H,5-6,10H2,1H3,(H,22,25)(H,23,24). The summed E-state index contributed by atoms with van der Waals surface area (Å²) in [5.74, 6) is 0.0728. The molecule has 136 valence electrons. The Morgan fingerprint density at radius 1 is 1.15 bits per heavy atom. The van der Waals surface area contributed by atoms with Crippen LogP contribution in [0.25, 0.3) is 0 Å². The van der Waals surface area contributed by atoms with Gasteiger partial charge in [0.15, 0.2) is 6.61 Å². The Bertz CT molecular complexity index is 827. The molecule has 0 atom stereocenters. The number of anilines is 1. The van der Waals surface area contributed by atoms with Crippen molar-refractivity contribution in [3.8, 4) is 5.75 Å². The quantitative estimate of drug-likeness (QED) is 0.641. The summed E-state index contributed by atoms with van der Waals surface area (Å²) in [7, 11) is 0. The molecule has 0 aliphatic heterocycles. The van der Waals surface area contributed by atoms with Crippen LogP contribution in [0.1, 0.15) is 28.8 Å². The minimum Gasteiger partial charge on any atom is -0.484 e. The number of nitrogens with one attached hydrogen (secondary N) is 2. The predicted molar refractivity (Wildman–Crippen MR) is 108 cm³/mol. The highest BCUT2D eigenvalue weighted by molar-refractivity contribution is 9.11. The zero-order valence-electron chi connectivity index (χ0n) is 14.1. The predicted octanol–water partition coefficient (Wildman–Crippen LogP) is 4.43. The molecule has 0 unspecified atom stereocenters. The van der Waals surface area contributed by atoms with Gasteiger partial charge in [0.1, 0.15) is 5.75 Å². The van der Waals surface area contributed by atoms with Crippen molar-refractivity contribution in [1.29, 1.82) is 0 Å². The molecular formula is C19H18Br2N2O3.